The molecule has 3 heteroatoms. The van der Waals surface area contributed by atoms with Crippen molar-refractivity contribution in [3.63, 3.8) is 0 Å². The topological polar surface area (TPSA) is 42.0 Å². The van der Waals surface area contributed by atoms with E-state index in [9.17, 15) is 4.79 Å². The number of hydrogen-bond acceptors (Lipinski definition) is 2. The van der Waals surface area contributed by atoms with E-state index in [0.717, 1.165) is 12.1 Å². The molecule has 0 spiro atoms. The average molecular weight is 268 g/mol. The van der Waals surface area contributed by atoms with Gasteiger partial charge in [0.1, 0.15) is 0 Å². The quantitative estimate of drug-likeness (QED) is 0.905. The molecule has 0 aliphatic heterocycles. The molecule has 0 radical (unpaired) electrons. The summed E-state index contributed by atoms with van der Waals surface area (Å²) in [5, 5.41) is 2.92. The highest BCUT2D eigenvalue weighted by molar-refractivity contribution is 5.94. The minimum absolute atomic E-state index is 0.0313. The van der Waals surface area contributed by atoms with Crippen LogP contribution < -0.4 is 5.32 Å². The SMILES string of the molecule is CC(C)c1ccc(C(=O)NCCc2ccccn2)cc1. The molecule has 0 saturated carbocycles. The second-order valence-electron chi connectivity index (χ2n) is 5.10. The number of nitrogens with zero attached hydrogens (tertiary/aromatic N) is 1. The van der Waals surface area contributed by atoms with Gasteiger partial charge in [-0.2, -0.15) is 0 Å². The van der Waals surface area contributed by atoms with E-state index < -0.39 is 0 Å². The third kappa shape index (κ3) is 3.92. The largest absolute Gasteiger partial charge is 0.352 e. The van der Waals surface area contributed by atoms with Crippen LogP contribution >= 0.6 is 0 Å². The summed E-state index contributed by atoms with van der Waals surface area (Å²) in [6.07, 6.45) is 2.51. The lowest BCUT2D eigenvalue weighted by Crippen LogP contribution is -2.25. The highest BCUT2D eigenvalue weighted by Gasteiger charge is 2.06. The number of amides is 1. The third-order valence-electron chi connectivity index (χ3n) is 3.23. The maximum absolute atomic E-state index is 12.0. The van der Waals surface area contributed by atoms with Crippen LogP contribution in [0.25, 0.3) is 0 Å². The number of aromatic nitrogens is 1. The number of carbonyl (C=O) groups is 1. The maximum Gasteiger partial charge on any atom is 0.251 e. The molecule has 1 heterocycles. The van der Waals surface area contributed by atoms with E-state index in [2.05, 4.69) is 24.1 Å². The molecule has 1 aromatic carbocycles. The molecule has 0 aliphatic carbocycles. The van der Waals surface area contributed by atoms with E-state index in [1.165, 1.54) is 5.56 Å². The summed E-state index contributed by atoms with van der Waals surface area (Å²) in [7, 11) is 0. The summed E-state index contributed by atoms with van der Waals surface area (Å²) < 4.78 is 0. The average Bonchev–Trinajstić information content (AvgIpc) is 2.48. The van der Waals surface area contributed by atoms with Gasteiger partial charge in [-0.1, -0.05) is 32.0 Å². The van der Waals surface area contributed by atoms with E-state index >= 15 is 0 Å². The molecule has 0 fully saturated rings. The van der Waals surface area contributed by atoms with Crippen molar-refractivity contribution in [1.82, 2.24) is 10.3 Å². The molecule has 1 aromatic heterocycles. The van der Waals surface area contributed by atoms with Crippen LogP contribution in [-0.4, -0.2) is 17.4 Å². The van der Waals surface area contributed by atoms with Crippen LogP contribution in [0.1, 0.15) is 41.4 Å². The minimum Gasteiger partial charge on any atom is -0.352 e. The van der Waals surface area contributed by atoms with Crippen LogP contribution in [0.2, 0.25) is 0 Å². The van der Waals surface area contributed by atoms with Gasteiger partial charge in [0, 0.05) is 30.4 Å². The first kappa shape index (κ1) is 14.3. The Balaban J connectivity index is 1.85. The Kier molecular flexibility index (Phi) is 4.88. The Labute approximate surface area is 120 Å². The summed E-state index contributed by atoms with van der Waals surface area (Å²) >= 11 is 0. The van der Waals surface area contributed by atoms with Crippen molar-refractivity contribution in [1.29, 1.82) is 0 Å². The van der Waals surface area contributed by atoms with E-state index in [0.29, 0.717) is 18.0 Å². The van der Waals surface area contributed by atoms with Crippen LogP contribution in [0, 0.1) is 0 Å². The van der Waals surface area contributed by atoms with E-state index in [4.69, 9.17) is 0 Å². The summed E-state index contributed by atoms with van der Waals surface area (Å²) in [5.41, 5.74) is 2.94. The van der Waals surface area contributed by atoms with Crippen LogP contribution in [-0.2, 0) is 6.42 Å². The molecular formula is C17H20N2O. The highest BCUT2D eigenvalue weighted by Crippen LogP contribution is 2.14. The first-order valence-electron chi connectivity index (χ1n) is 6.95. The van der Waals surface area contributed by atoms with Gasteiger partial charge in [0.25, 0.3) is 5.91 Å². The zero-order chi connectivity index (χ0) is 14.4. The molecule has 0 aliphatic rings. The molecule has 104 valence electrons. The number of rotatable bonds is 5. The van der Waals surface area contributed by atoms with Crippen LogP contribution in [0.4, 0.5) is 0 Å². The molecule has 0 bridgehead atoms. The summed E-state index contributed by atoms with van der Waals surface area (Å²) in [5.74, 6) is 0.451. The molecule has 3 nitrogen and oxygen atoms in total. The van der Waals surface area contributed by atoms with Gasteiger partial charge in [0.2, 0.25) is 0 Å². The van der Waals surface area contributed by atoms with Crippen molar-refractivity contribution >= 4 is 5.91 Å². The summed E-state index contributed by atoms with van der Waals surface area (Å²) in [4.78, 5) is 16.2. The zero-order valence-corrected chi connectivity index (χ0v) is 12.0. The molecule has 1 amide bonds. The normalized spacial score (nSPS) is 10.6. The Morgan fingerprint density at radius 2 is 1.90 bits per heavy atom. The standard InChI is InChI=1S/C17H20N2O/c1-13(2)14-6-8-15(9-7-14)17(20)19-12-10-16-5-3-4-11-18-16/h3-9,11,13H,10,12H2,1-2H3,(H,19,20). The Morgan fingerprint density at radius 1 is 1.15 bits per heavy atom. The van der Waals surface area contributed by atoms with Crippen molar-refractivity contribution in [3.05, 3.63) is 65.5 Å². The minimum atomic E-state index is -0.0313. The number of nitrogens with one attached hydrogen (secondary N) is 1. The lowest BCUT2D eigenvalue weighted by atomic mass is 10.0. The maximum atomic E-state index is 12.0. The predicted molar refractivity (Wildman–Crippen MR) is 80.8 cm³/mol. The van der Waals surface area contributed by atoms with Gasteiger partial charge in [-0.15, -0.1) is 0 Å². The molecule has 0 unspecified atom stereocenters. The Bertz CT molecular complexity index is 547. The fourth-order valence-electron chi connectivity index (χ4n) is 1.97. The van der Waals surface area contributed by atoms with Crippen LogP contribution in [0.5, 0.6) is 0 Å². The first-order chi connectivity index (χ1) is 9.66. The molecular weight excluding hydrogens is 248 g/mol. The van der Waals surface area contributed by atoms with Crippen molar-refractivity contribution < 1.29 is 4.79 Å². The molecule has 0 saturated heterocycles. The predicted octanol–water partition coefficient (Wildman–Crippen LogP) is 3.18. The monoisotopic (exact) mass is 268 g/mol. The number of pyridine rings is 1. The lowest BCUT2D eigenvalue weighted by Gasteiger charge is -2.08. The summed E-state index contributed by atoms with van der Waals surface area (Å²) in [6, 6.07) is 13.6. The van der Waals surface area contributed by atoms with Gasteiger partial charge in [-0.3, -0.25) is 9.78 Å². The summed E-state index contributed by atoms with van der Waals surface area (Å²) in [6.45, 7) is 4.88. The van der Waals surface area contributed by atoms with Crippen molar-refractivity contribution in [2.45, 2.75) is 26.2 Å². The zero-order valence-electron chi connectivity index (χ0n) is 12.0. The Hall–Kier alpha value is -2.16. The number of benzene rings is 1. The molecule has 2 aromatic rings. The van der Waals surface area contributed by atoms with Crippen molar-refractivity contribution in [2.24, 2.45) is 0 Å². The van der Waals surface area contributed by atoms with Gasteiger partial charge < -0.3 is 5.32 Å². The second kappa shape index (κ2) is 6.85. The smallest absolute Gasteiger partial charge is 0.251 e. The Morgan fingerprint density at radius 3 is 2.50 bits per heavy atom. The highest BCUT2D eigenvalue weighted by atomic mass is 16.1. The van der Waals surface area contributed by atoms with E-state index in [-0.39, 0.29) is 5.91 Å². The lowest BCUT2D eigenvalue weighted by molar-refractivity contribution is 0.0954. The van der Waals surface area contributed by atoms with Crippen molar-refractivity contribution in [2.75, 3.05) is 6.54 Å². The van der Waals surface area contributed by atoms with Gasteiger partial charge in [-0.25, -0.2) is 0 Å². The van der Waals surface area contributed by atoms with E-state index in [1.807, 2.05) is 42.5 Å². The fourth-order valence-corrected chi connectivity index (χ4v) is 1.97. The van der Waals surface area contributed by atoms with Gasteiger partial charge >= 0.3 is 0 Å². The van der Waals surface area contributed by atoms with Crippen molar-refractivity contribution in [3.8, 4) is 0 Å². The fraction of sp³-hybridized carbons (Fsp3) is 0.294. The van der Waals surface area contributed by atoms with Crippen LogP contribution in [0.15, 0.2) is 48.7 Å². The third-order valence-corrected chi connectivity index (χ3v) is 3.23. The van der Waals surface area contributed by atoms with E-state index in [1.54, 1.807) is 6.20 Å². The van der Waals surface area contributed by atoms with Gasteiger partial charge in [0.05, 0.1) is 0 Å². The number of carbonyl (C=O) groups excluding carboxylic acids is 1. The molecule has 2 rings (SSSR count). The van der Waals surface area contributed by atoms with Gasteiger partial charge in [0.15, 0.2) is 0 Å². The molecule has 0 atom stereocenters. The first-order valence-corrected chi connectivity index (χ1v) is 6.95. The molecule has 1 N–H and O–H groups in total. The second-order valence-corrected chi connectivity index (χ2v) is 5.10. The van der Waals surface area contributed by atoms with Crippen LogP contribution in [0.3, 0.4) is 0 Å². The molecule has 20 heavy (non-hydrogen) atoms. The van der Waals surface area contributed by atoms with Gasteiger partial charge in [-0.05, 0) is 35.7 Å². The number of hydrogen-bond donors (Lipinski definition) is 1.